The molecule has 7 heteroatoms. The number of fused-ring (bicyclic) bond motifs is 3. The van der Waals surface area contributed by atoms with Crippen LogP contribution in [0, 0.1) is 16.7 Å². The number of aliphatic hydroxyl groups is 1. The quantitative estimate of drug-likeness (QED) is 0.219. The summed E-state index contributed by atoms with van der Waals surface area (Å²) in [6.07, 6.45) is 2.25. The Morgan fingerprint density at radius 1 is 0.884 bits per heavy atom. The largest absolute Gasteiger partial charge is 0.460 e. The summed E-state index contributed by atoms with van der Waals surface area (Å²) in [5, 5.41) is 15.9. The highest BCUT2D eigenvalue weighted by molar-refractivity contribution is 6.21. The van der Waals surface area contributed by atoms with Crippen molar-refractivity contribution < 1.29 is 24.2 Å². The van der Waals surface area contributed by atoms with Gasteiger partial charge in [-0.3, -0.25) is 9.59 Å². The molecular weight excluding hydrogens is 540 g/mol. The number of ether oxygens (including phenoxy) is 1. The molecule has 0 radical (unpaired) electrons. The lowest BCUT2D eigenvalue weighted by Gasteiger charge is -2.53. The van der Waals surface area contributed by atoms with Gasteiger partial charge in [-0.15, -0.1) is 0 Å². The van der Waals surface area contributed by atoms with Crippen LogP contribution in [0.25, 0.3) is 0 Å². The molecule has 1 unspecified atom stereocenters. The van der Waals surface area contributed by atoms with Crippen molar-refractivity contribution in [2.45, 2.75) is 76.7 Å². The molecule has 0 aromatic heterocycles. The lowest BCUT2D eigenvalue weighted by Crippen LogP contribution is -2.58. The van der Waals surface area contributed by atoms with Crippen LogP contribution < -0.4 is 0 Å². The van der Waals surface area contributed by atoms with Crippen molar-refractivity contribution in [2.75, 3.05) is 0 Å². The van der Waals surface area contributed by atoms with E-state index in [1.807, 2.05) is 67.6 Å². The van der Waals surface area contributed by atoms with E-state index in [4.69, 9.17) is 4.74 Å². The number of amides is 2. The van der Waals surface area contributed by atoms with Crippen LogP contribution in [-0.2, 0) is 15.1 Å². The smallest absolute Gasteiger partial charge is 0.330 e. The van der Waals surface area contributed by atoms with Crippen LogP contribution in [0.3, 0.4) is 0 Å². The normalized spacial score (nSPS) is 32.2. The maximum Gasteiger partial charge on any atom is 0.330 e. The minimum absolute atomic E-state index is 0.255. The van der Waals surface area contributed by atoms with E-state index >= 15 is 0 Å². The van der Waals surface area contributed by atoms with Crippen molar-refractivity contribution in [3.05, 3.63) is 107 Å². The van der Waals surface area contributed by atoms with E-state index < -0.39 is 40.4 Å². The molecule has 222 valence electrons. The molecular formula is C36H38N2O5. The van der Waals surface area contributed by atoms with Crippen LogP contribution in [0.2, 0.25) is 0 Å². The Bertz CT molecular complexity index is 1550. The van der Waals surface area contributed by atoms with E-state index in [9.17, 15) is 19.5 Å². The molecule has 2 aliphatic carbocycles. The summed E-state index contributed by atoms with van der Waals surface area (Å²) in [6.45, 7) is 8.11. The Hall–Kier alpha value is -3.81. The monoisotopic (exact) mass is 578 g/mol. The fraction of sp³-hybridized carbons (Fsp3) is 0.417. The zero-order valence-corrected chi connectivity index (χ0v) is 25.1. The second-order valence-corrected chi connectivity index (χ2v) is 13.4. The molecule has 43 heavy (non-hydrogen) atoms. The summed E-state index contributed by atoms with van der Waals surface area (Å²) in [5.41, 5.74) is -1.54. The van der Waals surface area contributed by atoms with Gasteiger partial charge in [0.15, 0.2) is 5.54 Å². The van der Waals surface area contributed by atoms with Crippen molar-refractivity contribution in [3.63, 3.8) is 0 Å². The van der Waals surface area contributed by atoms with Crippen LogP contribution in [-0.4, -0.2) is 50.6 Å². The summed E-state index contributed by atoms with van der Waals surface area (Å²) in [7, 11) is 0. The molecule has 1 N–H and O–H groups in total. The zero-order valence-electron chi connectivity index (χ0n) is 25.1. The van der Waals surface area contributed by atoms with Gasteiger partial charge in [-0.25, -0.2) is 9.80 Å². The molecule has 2 aliphatic heterocycles. The van der Waals surface area contributed by atoms with Gasteiger partial charge < -0.3 is 9.84 Å². The number of carbonyl (C=O) groups excluding carboxylic acids is 3. The Morgan fingerprint density at radius 2 is 1.40 bits per heavy atom. The van der Waals surface area contributed by atoms with Gasteiger partial charge in [0.25, 0.3) is 11.8 Å². The van der Waals surface area contributed by atoms with E-state index in [0.29, 0.717) is 30.4 Å². The number of hydrazine groups is 1. The topological polar surface area (TPSA) is 86.9 Å². The predicted octanol–water partition coefficient (Wildman–Crippen LogP) is 5.72. The highest BCUT2D eigenvalue weighted by Gasteiger charge is 2.76. The van der Waals surface area contributed by atoms with Crippen LogP contribution in [0.1, 0.15) is 85.2 Å². The Kier molecular flexibility index (Phi) is 6.08. The van der Waals surface area contributed by atoms with Gasteiger partial charge in [0.2, 0.25) is 0 Å². The molecule has 3 aromatic carbocycles. The van der Waals surface area contributed by atoms with E-state index in [-0.39, 0.29) is 17.4 Å². The molecule has 1 saturated heterocycles. The molecule has 2 heterocycles. The Labute approximate surface area is 252 Å². The Balaban J connectivity index is 1.27. The van der Waals surface area contributed by atoms with E-state index in [1.54, 1.807) is 36.2 Å². The first-order valence-corrected chi connectivity index (χ1v) is 15.4. The van der Waals surface area contributed by atoms with Gasteiger partial charge in [-0.1, -0.05) is 93.6 Å². The van der Waals surface area contributed by atoms with Crippen molar-refractivity contribution in [1.29, 1.82) is 0 Å². The third kappa shape index (κ3) is 3.41. The summed E-state index contributed by atoms with van der Waals surface area (Å²) in [6, 6.07) is 25.9. The lowest BCUT2D eigenvalue weighted by atomic mass is 9.54. The highest BCUT2D eigenvalue weighted by atomic mass is 16.6. The number of nitrogens with zero attached hydrogens (tertiary/aromatic N) is 2. The standard InChI is InChI=1S/C36H38N2O5/c1-5-28-34(4,38(28)37-30(39)26-18-12-13-19-27(26)31(37)40)32(41)43-29-22-25-20-21-35(29,33(25,2)3)36(42,23-14-8-6-9-15-23)24-16-10-7-11-17-24/h6-19,25,28-29,42H,5,20-22H2,1-4H3/t25-,28+,29-,34-,35-,38?/m1/s1. The number of carbonyl (C=O) groups is 3. The first-order valence-electron chi connectivity index (χ1n) is 15.4. The number of esters is 1. The third-order valence-corrected chi connectivity index (χ3v) is 11.5. The SMILES string of the molecule is CC[C@@H]1N(N2C(=O)c3ccccc3C2=O)[C@@]1(C)C(=O)O[C@@H]1C[C@H]2CC[C@]1(C(O)(c1ccccc1)c1ccccc1)C2(C)C. The zero-order chi connectivity index (χ0) is 30.4. The number of hydrogen-bond acceptors (Lipinski definition) is 6. The molecule has 0 spiro atoms. The predicted molar refractivity (Wildman–Crippen MR) is 161 cm³/mol. The number of imide groups is 1. The maximum absolute atomic E-state index is 14.3. The van der Waals surface area contributed by atoms with Crippen LogP contribution in [0.15, 0.2) is 84.9 Å². The molecule has 2 saturated carbocycles. The van der Waals surface area contributed by atoms with E-state index in [1.165, 1.54) is 0 Å². The Morgan fingerprint density at radius 3 is 1.88 bits per heavy atom. The van der Waals surface area contributed by atoms with Gasteiger partial charge in [0, 0.05) is 5.41 Å². The summed E-state index contributed by atoms with van der Waals surface area (Å²) in [5.74, 6) is -1.05. The molecule has 4 aliphatic rings. The van der Waals surface area contributed by atoms with Crippen molar-refractivity contribution in [2.24, 2.45) is 16.7 Å². The summed E-state index contributed by atoms with van der Waals surface area (Å²) < 4.78 is 6.58. The average molecular weight is 579 g/mol. The van der Waals surface area contributed by atoms with Gasteiger partial charge in [-0.2, -0.15) is 5.01 Å². The minimum atomic E-state index is -1.42. The summed E-state index contributed by atoms with van der Waals surface area (Å²) in [4.78, 5) is 41.1. The van der Waals surface area contributed by atoms with E-state index in [2.05, 4.69) is 13.8 Å². The first-order chi connectivity index (χ1) is 20.5. The van der Waals surface area contributed by atoms with Gasteiger partial charge in [0.1, 0.15) is 11.7 Å². The van der Waals surface area contributed by atoms with Crippen LogP contribution in [0.5, 0.6) is 0 Å². The molecule has 2 bridgehead atoms. The van der Waals surface area contributed by atoms with Gasteiger partial charge in [0.05, 0.1) is 17.2 Å². The molecule has 2 amide bonds. The van der Waals surface area contributed by atoms with Gasteiger partial charge >= 0.3 is 5.97 Å². The highest BCUT2D eigenvalue weighted by Crippen LogP contribution is 2.73. The van der Waals surface area contributed by atoms with Crippen molar-refractivity contribution >= 4 is 17.8 Å². The number of benzene rings is 3. The molecule has 3 aromatic rings. The minimum Gasteiger partial charge on any atom is -0.460 e. The number of rotatable bonds is 7. The average Bonchev–Trinajstić information content (AvgIpc) is 3.32. The van der Waals surface area contributed by atoms with Gasteiger partial charge in [-0.05, 0) is 67.2 Å². The van der Waals surface area contributed by atoms with Crippen molar-refractivity contribution in [3.8, 4) is 0 Å². The lowest BCUT2D eigenvalue weighted by molar-refractivity contribution is -0.187. The molecule has 3 fully saturated rings. The fourth-order valence-electron chi connectivity index (χ4n) is 9.17. The summed E-state index contributed by atoms with van der Waals surface area (Å²) >= 11 is 0. The maximum atomic E-state index is 14.3. The molecule has 7 rings (SSSR count). The fourth-order valence-corrected chi connectivity index (χ4v) is 9.17. The first kappa shape index (κ1) is 28.0. The molecule has 6 atom stereocenters. The van der Waals surface area contributed by atoms with Crippen LogP contribution >= 0.6 is 0 Å². The van der Waals surface area contributed by atoms with E-state index in [0.717, 1.165) is 22.6 Å². The molecule has 7 nitrogen and oxygen atoms in total. The van der Waals surface area contributed by atoms with Crippen LogP contribution in [0.4, 0.5) is 0 Å². The number of hydrogen-bond donors (Lipinski definition) is 1. The second kappa shape index (κ2) is 9.34. The second-order valence-electron chi connectivity index (χ2n) is 13.4. The van der Waals surface area contributed by atoms with Crippen molar-refractivity contribution in [1.82, 2.24) is 10.0 Å². The third-order valence-electron chi connectivity index (χ3n) is 11.5.